The smallest absolute Gasteiger partial charge is 0.260 e. The van der Waals surface area contributed by atoms with Crippen LogP contribution in [0, 0.1) is 0 Å². The van der Waals surface area contributed by atoms with Crippen molar-refractivity contribution in [3.05, 3.63) is 110 Å². The van der Waals surface area contributed by atoms with E-state index in [9.17, 15) is 0 Å². The van der Waals surface area contributed by atoms with Crippen LogP contribution in [0.25, 0.3) is 22.3 Å². The fraction of sp³-hybridized carbons (Fsp3) is 0.348. The van der Waals surface area contributed by atoms with Crippen molar-refractivity contribution in [1.82, 2.24) is 0 Å². The summed E-state index contributed by atoms with van der Waals surface area (Å²) in [5.41, 5.74) is 13.5. The van der Waals surface area contributed by atoms with Crippen LogP contribution < -0.4 is 25.9 Å². The van der Waals surface area contributed by atoms with Crippen LogP contribution in [0.4, 0.5) is 0 Å². The zero-order chi connectivity index (χ0) is 37.0. The molecule has 0 saturated carbocycles. The molecule has 0 saturated heterocycles. The molecular weight excluding hydrogens is 755 g/mol. The molecule has 7 rings (SSSR count). The number of rotatable bonds is 2. The molecule has 0 atom stereocenters. The van der Waals surface area contributed by atoms with E-state index in [-0.39, 0.29) is 28.4 Å². The summed E-state index contributed by atoms with van der Waals surface area (Å²) >= 11 is 7.69. The number of hydrogen-bond acceptors (Lipinski definition) is 2. The number of halogens is 2. The lowest BCUT2D eigenvalue weighted by molar-refractivity contribution is 0.461. The van der Waals surface area contributed by atoms with Crippen molar-refractivity contribution in [2.45, 2.75) is 105 Å². The first kappa shape index (κ1) is 36.1. The Morgan fingerprint density at radius 1 is 0.412 bits per heavy atom. The summed E-state index contributed by atoms with van der Waals surface area (Å²) in [5.74, 6) is 3.37. The quantitative estimate of drug-likeness (QED) is 0.162. The third-order valence-corrected chi connectivity index (χ3v) is 11.7. The largest absolute Gasteiger partial charge is 0.457 e. The van der Waals surface area contributed by atoms with E-state index in [1.165, 1.54) is 33.4 Å². The van der Waals surface area contributed by atoms with Gasteiger partial charge in [-0.2, -0.15) is 0 Å². The summed E-state index contributed by atoms with van der Waals surface area (Å²) in [6, 6.07) is 29.7. The van der Waals surface area contributed by atoms with Gasteiger partial charge >= 0.3 is 0 Å². The fourth-order valence-electron chi connectivity index (χ4n) is 7.17. The Balaban J connectivity index is 1.39. The van der Waals surface area contributed by atoms with Crippen LogP contribution in [0.1, 0.15) is 105 Å². The second-order valence-electron chi connectivity index (χ2n) is 18.7. The van der Waals surface area contributed by atoms with E-state index in [0.29, 0.717) is 0 Å². The van der Waals surface area contributed by atoms with E-state index in [2.05, 4.69) is 188 Å². The van der Waals surface area contributed by atoms with E-state index in [0.717, 1.165) is 59.5 Å². The Labute approximate surface area is 322 Å². The number of ether oxygens (including phenoxy) is 2. The van der Waals surface area contributed by atoms with Gasteiger partial charge in [-0.3, -0.25) is 0 Å². The second-order valence-corrected chi connectivity index (χ2v) is 20.4. The first-order valence-electron chi connectivity index (χ1n) is 18.1. The van der Waals surface area contributed by atoms with Crippen molar-refractivity contribution in [3.63, 3.8) is 0 Å². The highest BCUT2D eigenvalue weighted by molar-refractivity contribution is 9.11. The van der Waals surface area contributed by atoms with Gasteiger partial charge in [-0.15, -0.1) is 0 Å². The average molecular weight is 805 g/mol. The molecule has 2 nitrogen and oxygen atoms in total. The van der Waals surface area contributed by atoms with E-state index >= 15 is 0 Å². The van der Waals surface area contributed by atoms with Gasteiger partial charge in [0.15, 0.2) is 0 Å². The van der Waals surface area contributed by atoms with Gasteiger partial charge in [-0.25, -0.2) is 0 Å². The molecule has 0 bridgehead atoms. The highest BCUT2D eigenvalue weighted by Gasteiger charge is 2.42. The van der Waals surface area contributed by atoms with Crippen molar-refractivity contribution >= 4 is 55.0 Å². The van der Waals surface area contributed by atoms with Crippen molar-refractivity contribution in [2.24, 2.45) is 0 Å². The van der Waals surface area contributed by atoms with Gasteiger partial charge in [0, 0.05) is 5.46 Å². The van der Waals surface area contributed by atoms with Gasteiger partial charge in [-0.1, -0.05) is 144 Å². The minimum absolute atomic E-state index is 0.0291. The average Bonchev–Trinajstić information content (AvgIpc) is 3.04. The Bertz CT molecular complexity index is 2000. The van der Waals surface area contributed by atoms with Crippen molar-refractivity contribution in [1.29, 1.82) is 0 Å². The molecule has 2 aliphatic rings. The molecule has 51 heavy (non-hydrogen) atoms. The molecule has 5 aromatic carbocycles. The number of benzene rings is 5. The number of hydrogen-bond donors (Lipinski definition) is 0. The normalized spacial score (nSPS) is 14.0. The molecule has 5 aromatic rings. The molecule has 0 aliphatic carbocycles. The Morgan fingerprint density at radius 2 is 0.745 bits per heavy atom. The van der Waals surface area contributed by atoms with Crippen LogP contribution in [0.3, 0.4) is 0 Å². The third-order valence-electron chi connectivity index (χ3n) is 10.5. The molecule has 0 aromatic heterocycles. The van der Waals surface area contributed by atoms with Gasteiger partial charge in [0.05, 0.1) is 8.95 Å². The second kappa shape index (κ2) is 12.1. The SMILES string of the molecule is CC(C)(C)c1cc(-c2ccc3c(c2)Oc2c(Br)cc(Br)c4c2B3c2ccc(-c3cc(C(C)(C)C)cc(C(C)(C)C)c3)cc2O4)cc(C(C)(C)C)c1. The summed E-state index contributed by atoms with van der Waals surface area (Å²) in [6.45, 7) is 27.4. The van der Waals surface area contributed by atoms with Gasteiger partial charge in [-0.05, 0) is 127 Å². The van der Waals surface area contributed by atoms with Crippen LogP contribution in [0.15, 0.2) is 87.8 Å². The maximum Gasteiger partial charge on any atom is 0.260 e. The van der Waals surface area contributed by atoms with Gasteiger partial charge in [0.2, 0.25) is 0 Å². The molecule has 0 spiro atoms. The minimum atomic E-state index is -0.0449. The van der Waals surface area contributed by atoms with Crippen LogP contribution in [0.5, 0.6) is 23.0 Å². The van der Waals surface area contributed by atoms with Crippen molar-refractivity contribution in [2.75, 3.05) is 0 Å². The predicted octanol–water partition coefficient (Wildman–Crippen LogP) is 12.5. The standard InChI is InChI=1S/C46H49BBr2O2/c1-43(2,3)30-17-28(18-31(23-30)44(4,5)6)26-13-15-34-38(21-26)50-41-36(48)25-37(49)42-40(41)47(34)35-16-14-27(22-39(35)51-42)29-19-32(45(7,8)9)24-33(20-29)46(10,11)12/h13-25H,1-12H3. The number of fused-ring (bicyclic) bond motifs is 4. The predicted molar refractivity (Wildman–Crippen MR) is 225 cm³/mol. The highest BCUT2D eigenvalue weighted by Crippen LogP contribution is 2.45. The lowest BCUT2D eigenvalue weighted by Crippen LogP contribution is -2.57. The molecule has 0 N–H and O–H groups in total. The Morgan fingerprint density at radius 3 is 1.06 bits per heavy atom. The maximum atomic E-state index is 6.82. The van der Waals surface area contributed by atoms with Crippen molar-refractivity contribution < 1.29 is 9.47 Å². The van der Waals surface area contributed by atoms with Gasteiger partial charge in [0.1, 0.15) is 23.0 Å². The fourth-order valence-corrected chi connectivity index (χ4v) is 8.53. The molecule has 5 heteroatoms. The topological polar surface area (TPSA) is 18.5 Å². The summed E-state index contributed by atoms with van der Waals surface area (Å²) in [7, 11) is 0. The zero-order valence-corrected chi connectivity index (χ0v) is 35.3. The minimum Gasteiger partial charge on any atom is -0.457 e. The first-order chi connectivity index (χ1) is 23.6. The summed E-state index contributed by atoms with van der Waals surface area (Å²) < 4.78 is 15.4. The molecule has 2 aliphatic heterocycles. The van der Waals surface area contributed by atoms with Crippen LogP contribution in [-0.4, -0.2) is 6.71 Å². The van der Waals surface area contributed by atoms with Crippen LogP contribution in [-0.2, 0) is 21.7 Å². The van der Waals surface area contributed by atoms with Gasteiger partial charge in [0.25, 0.3) is 6.71 Å². The molecule has 0 radical (unpaired) electrons. The van der Waals surface area contributed by atoms with E-state index in [4.69, 9.17) is 9.47 Å². The monoisotopic (exact) mass is 802 g/mol. The molecule has 0 fully saturated rings. The van der Waals surface area contributed by atoms with Gasteiger partial charge < -0.3 is 9.47 Å². The van der Waals surface area contributed by atoms with Crippen LogP contribution >= 0.6 is 31.9 Å². The van der Waals surface area contributed by atoms with E-state index in [1.54, 1.807) is 0 Å². The lowest BCUT2D eigenvalue weighted by Gasteiger charge is -2.34. The molecule has 0 amide bonds. The highest BCUT2D eigenvalue weighted by atomic mass is 79.9. The Kier molecular flexibility index (Phi) is 8.59. The summed E-state index contributed by atoms with van der Waals surface area (Å²) in [4.78, 5) is 0. The molecule has 2 heterocycles. The first-order valence-corrected chi connectivity index (χ1v) is 19.7. The van der Waals surface area contributed by atoms with Crippen LogP contribution in [0.2, 0.25) is 0 Å². The van der Waals surface area contributed by atoms with E-state index in [1.807, 2.05) is 6.07 Å². The maximum absolute atomic E-state index is 6.82. The zero-order valence-electron chi connectivity index (χ0n) is 32.2. The third kappa shape index (κ3) is 6.63. The summed E-state index contributed by atoms with van der Waals surface area (Å²) in [6.07, 6.45) is 0. The summed E-state index contributed by atoms with van der Waals surface area (Å²) in [5, 5.41) is 0. The molecule has 262 valence electrons. The molecular formula is C46H49BBr2O2. The van der Waals surface area contributed by atoms with Crippen molar-refractivity contribution in [3.8, 4) is 45.3 Å². The van der Waals surface area contributed by atoms with E-state index < -0.39 is 0 Å². The Hall–Kier alpha value is -3.28. The lowest BCUT2D eigenvalue weighted by atomic mass is 9.35. The molecule has 0 unspecified atom stereocenters.